The normalized spacial score (nSPS) is 19.5. The van der Waals surface area contributed by atoms with Crippen molar-refractivity contribution in [1.29, 1.82) is 0 Å². The zero-order chi connectivity index (χ0) is 62.5. The second-order valence-corrected chi connectivity index (χ2v) is 23.2. The number of likely N-dealkylation sites (N-methyl/N-ethyl adjacent to an activating group) is 2. The minimum atomic E-state index is -1.04. The summed E-state index contributed by atoms with van der Waals surface area (Å²) in [5.41, 5.74) is 1.52. The highest BCUT2D eigenvalue weighted by Crippen LogP contribution is 2.33. The summed E-state index contributed by atoms with van der Waals surface area (Å²) >= 11 is 0. The van der Waals surface area contributed by atoms with E-state index in [0.717, 1.165) is 11.3 Å². The largest absolute Gasteiger partial charge is 0.386 e. The lowest BCUT2D eigenvalue weighted by atomic mass is 9.89. The molecule has 3 aliphatic rings. The van der Waals surface area contributed by atoms with Crippen LogP contribution >= 0.6 is 0 Å². The maximum atomic E-state index is 14.7. The first-order valence-corrected chi connectivity index (χ1v) is 30.1. The maximum absolute atomic E-state index is 14.7. The van der Waals surface area contributed by atoms with E-state index in [1.54, 1.807) is 63.1 Å². The molecular formula is C62H96N8O15. The van der Waals surface area contributed by atoms with Crippen molar-refractivity contribution in [3.8, 4) is 0 Å². The number of hydrogen-bond donors (Lipinski definition) is 5. The molecule has 23 nitrogen and oxygen atoms in total. The maximum Gasteiger partial charge on any atom is 0.264 e. The molecule has 8 amide bonds. The summed E-state index contributed by atoms with van der Waals surface area (Å²) in [7, 11) is 6.66. The standard InChI is InChI=1S/C62H96N8O15/c1-13-40(6)54(48(80-11)37-50(72)69-27-18-23-46(69)56(81-12)41(7)57(74)64-42(8)55(73)43-19-15-14-16-20-43)68(10)62(79)52(38(2)3)66-59(76)53(39(4)5)67(9)28-30-83-32-34-85-36-35-84-33-31-82-29-26-63-45-22-17-21-44-51(45)61(78)70(60(44)77)47-24-25-49(71)65-58(47)75/h14-17,19-22,38-42,46-48,52-56,63,73H,13,18,23-37H2,1-12H3,(H,64,74)(H,66,76)(H,65,71,75). The molecule has 2 aromatic rings. The van der Waals surface area contributed by atoms with E-state index in [4.69, 9.17) is 28.4 Å². The SMILES string of the molecule is CCC(C)C(C(CC(=O)N1CCCC1C(OC)C(C)C(=O)NC(C)C(O)c1ccccc1)OC)N(C)C(=O)C(NC(=O)C(C(C)C)N(C)CCOCCOCCOCCOCCNc1cccc2c1C(=O)N(C1CCC(=O)NC1=O)C2=O)C(C)C. The number of nitrogens with zero attached hydrogens (tertiary/aromatic N) is 4. The van der Waals surface area contributed by atoms with Crippen LogP contribution in [-0.4, -0.2) is 221 Å². The summed E-state index contributed by atoms with van der Waals surface area (Å²) in [5.74, 6) is -4.41. The Kier molecular flexibility index (Phi) is 28.3. The monoisotopic (exact) mass is 1190 g/mol. The average molecular weight is 1190 g/mol. The van der Waals surface area contributed by atoms with Gasteiger partial charge in [0.05, 0.1) is 119 Å². The Balaban J connectivity index is 1.01. The third-order valence-corrected chi connectivity index (χ3v) is 16.6. The van der Waals surface area contributed by atoms with Gasteiger partial charge in [-0.3, -0.25) is 53.5 Å². The first kappa shape index (κ1) is 69.8. The van der Waals surface area contributed by atoms with Crippen molar-refractivity contribution in [1.82, 2.24) is 35.6 Å². The number of imide groups is 2. The fraction of sp³-hybridized carbons (Fsp3) is 0.677. The molecule has 3 aliphatic heterocycles. The lowest BCUT2D eigenvalue weighted by Crippen LogP contribution is -2.60. The Morgan fingerprint density at radius 1 is 0.753 bits per heavy atom. The Bertz CT molecular complexity index is 2520. The number of methoxy groups -OCH3 is 2. The van der Waals surface area contributed by atoms with Gasteiger partial charge in [-0.1, -0.05) is 91.3 Å². The van der Waals surface area contributed by atoms with E-state index in [2.05, 4.69) is 21.3 Å². The van der Waals surface area contributed by atoms with Crippen LogP contribution < -0.4 is 21.3 Å². The van der Waals surface area contributed by atoms with Crippen molar-refractivity contribution >= 4 is 52.9 Å². The highest BCUT2D eigenvalue weighted by atomic mass is 16.6. The summed E-state index contributed by atoms with van der Waals surface area (Å²) in [6.45, 7) is 19.2. The quantitative estimate of drug-likeness (QED) is 0.0475. The summed E-state index contributed by atoms with van der Waals surface area (Å²) < 4.78 is 34.9. The highest BCUT2D eigenvalue weighted by molar-refractivity contribution is 6.25. The molecule has 5 N–H and O–H groups in total. The van der Waals surface area contributed by atoms with Gasteiger partial charge in [0.25, 0.3) is 11.8 Å². The molecule has 23 heteroatoms. The molecule has 0 aliphatic carbocycles. The number of carbonyl (C=O) groups is 8. The van der Waals surface area contributed by atoms with E-state index in [9.17, 15) is 43.5 Å². The first-order valence-electron chi connectivity index (χ1n) is 30.1. The van der Waals surface area contributed by atoms with Crippen molar-refractivity contribution in [2.45, 2.75) is 148 Å². The molecule has 5 rings (SSSR count). The second-order valence-electron chi connectivity index (χ2n) is 23.2. The van der Waals surface area contributed by atoms with Crippen molar-refractivity contribution in [3.05, 3.63) is 65.2 Å². The van der Waals surface area contributed by atoms with Crippen LogP contribution in [0.25, 0.3) is 0 Å². The number of carbonyl (C=O) groups excluding carboxylic acids is 8. The van der Waals surface area contributed by atoms with Crippen LogP contribution in [0.4, 0.5) is 5.69 Å². The van der Waals surface area contributed by atoms with Gasteiger partial charge in [-0.15, -0.1) is 0 Å². The first-order chi connectivity index (χ1) is 40.6. The predicted molar refractivity (Wildman–Crippen MR) is 318 cm³/mol. The molecule has 11 atom stereocenters. The summed E-state index contributed by atoms with van der Waals surface area (Å²) in [6, 6.07) is 10.0. The molecule has 85 heavy (non-hydrogen) atoms. The molecule has 2 saturated heterocycles. The van der Waals surface area contributed by atoms with Gasteiger partial charge >= 0.3 is 0 Å². The van der Waals surface area contributed by atoms with Crippen molar-refractivity contribution in [2.75, 3.05) is 106 Å². The van der Waals surface area contributed by atoms with Crippen LogP contribution in [-0.2, 0) is 57.2 Å². The van der Waals surface area contributed by atoms with Gasteiger partial charge in [0.15, 0.2) is 0 Å². The number of rotatable bonds is 37. The molecular weight excluding hydrogens is 1100 g/mol. The average Bonchev–Trinajstić information content (AvgIpc) is 1.93. The zero-order valence-electron chi connectivity index (χ0n) is 52.1. The third kappa shape index (κ3) is 18.8. The van der Waals surface area contributed by atoms with Crippen LogP contribution in [0.1, 0.15) is 126 Å². The van der Waals surface area contributed by atoms with Gasteiger partial charge in [0.1, 0.15) is 12.1 Å². The number of fused-ring (bicyclic) bond motifs is 1. The van der Waals surface area contributed by atoms with E-state index in [1.165, 1.54) is 0 Å². The second kappa shape index (κ2) is 34.4. The smallest absolute Gasteiger partial charge is 0.264 e. The van der Waals surface area contributed by atoms with E-state index < -0.39 is 78.1 Å². The number of nitrogens with one attached hydrogen (secondary N) is 4. The summed E-state index contributed by atoms with van der Waals surface area (Å²) in [4.78, 5) is 114. The Morgan fingerprint density at radius 2 is 1.39 bits per heavy atom. The van der Waals surface area contributed by atoms with Crippen molar-refractivity contribution in [2.24, 2.45) is 23.7 Å². The fourth-order valence-corrected chi connectivity index (χ4v) is 11.7. The van der Waals surface area contributed by atoms with Crippen LogP contribution in [0, 0.1) is 23.7 Å². The number of piperidine rings is 1. The Morgan fingerprint density at radius 3 is 1.98 bits per heavy atom. The number of amides is 8. The topological polar surface area (TPSA) is 273 Å². The van der Waals surface area contributed by atoms with E-state index in [-0.39, 0.29) is 77.8 Å². The van der Waals surface area contributed by atoms with E-state index >= 15 is 0 Å². The molecule has 0 radical (unpaired) electrons. The molecule has 0 spiro atoms. The number of ether oxygens (including phenoxy) is 6. The Hall–Kier alpha value is -5.92. The van der Waals surface area contributed by atoms with Crippen LogP contribution in [0.5, 0.6) is 0 Å². The van der Waals surface area contributed by atoms with Crippen LogP contribution in [0.2, 0.25) is 0 Å². The molecule has 11 unspecified atom stereocenters. The summed E-state index contributed by atoms with van der Waals surface area (Å²) in [6.07, 6.45) is -0.0719. The molecule has 0 aromatic heterocycles. The number of anilines is 1. The molecule has 2 fully saturated rings. The highest BCUT2D eigenvalue weighted by Gasteiger charge is 2.47. The minimum Gasteiger partial charge on any atom is -0.386 e. The summed E-state index contributed by atoms with van der Waals surface area (Å²) in [5, 5.41) is 22.3. The van der Waals surface area contributed by atoms with Gasteiger partial charge in [0.2, 0.25) is 35.4 Å². The number of aliphatic hydroxyl groups is 1. The lowest BCUT2D eigenvalue weighted by molar-refractivity contribution is -0.148. The number of aliphatic hydroxyl groups excluding tert-OH is 1. The van der Waals surface area contributed by atoms with Gasteiger partial charge in [-0.25, -0.2) is 0 Å². The van der Waals surface area contributed by atoms with Gasteiger partial charge in [-0.05, 0) is 68.7 Å². The fourth-order valence-electron chi connectivity index (χ4n) is 11.7. The van der Waals surface area contributed by atoms with Crippen LogP contribution in [0.15, 0.2) is 48.5 Å². The van der Waals surface area contributed by atoms with E-state index in [1.807, 2.05) is 83.8 Å². The minimum absolute atomic E-state index is 0.0209. The van der Waals surface area contributed by atoms with E-state index in [0.29, 0.717) is 96.6 Å². The number of hydrogen-bond acceptors (Lipinski definition) is 17. The number of benzene rings is 2. The molecule has 2 aromatic carbocycles. The molecule has 474 valence electrons. The predicted octanol–water partition coefficient (Wildman–Crippen LogP) is 3.82. The van der Waals surface area contributed by atoms with Gasteiger partial charge < -0.3 is 59.3 Å². The van der Waals surface area contributed by atoms with Crippen LogP contribution in [0.3, 0.4) is 0 Å². The molecule has 3 heterocycles. The van der Waals surface area contributed by atoms with Gasteiger partial charge in [0, 0.05) is 53.0 Å². The molecule has 0 bridgehead atoms. The third-order valence-electron chi connectivity index (χ3n) is 16.6. The molecule has 0 saturated carbocycles. The lowest BCUT2D eigenvalue weighted by Gasteiger charge is -2.41. The Labute approximate surface area is 502 Å². The van der Waals surface area contributed by atoms with Crippen molar-refractivity contribution in [3.63, 3.8) is 0 Å². The van der Waals surface area contributed by atoms with Crippen molar-refractivity contribution < 1.29 is 71.9 Å². The van der Waals surface area contributed by atoms with Gasteiger partial charge in [-0.2, -0.15) is 0 Å². The number of likely N-dealkylation sites (tertiary alicyclic amines) is 1. The zero-order valence-corrected chi connectivity index (χ0v) is 52.1.